The highest BCUT2D eigenvalue weighted by Crippen LogP contribution is 2.60. The number of hydrogen-bond donors (Lipinski definition) is 0. The van der Waals surface area contributed by atoms with Crippen molar-refractivity contribution >= 4 is 5.97 Å². The Morgan fingerprint density at radius 1 is 1.06 bits per heavy atom. The summed E-state index contributed by atoms with van der Waals surface area (Å²) in [5.74, 6) is 0.320. The predicted molar refractivity (Wildman–Crippen MR) is 112 cm³/mol. The molecule has 176 valence electrons. The summed E-state index contributed by atoms with van der Waals surface area (Å²) < 4.78 is 29.1. The van der Waals surface area contributed by atoms with Crippen LogP contribution in [0.15, 0.2) is 18.2 Å². The molecular weight excluding hydrogens is 416 g/mol. The summed E-state index contributed by atoms with van der Waals surface area (Å²) in [6, 6.07) is 4.99. The third kappa shape index (κ3) is 3.22. The van der Waals surface area contributed by atoms with Gasteiger partial charge in [-0.1, -0.05) is 13.8 Å². The Hall–Kier alpha value is -1.87. The lowest BCUT2D eigenvalue weighted by molar-refractivity contribution is -0.576. The van der Waals surface area contributed by atoms with Crippen molar-refractivity contribution in [2.45, 2.75) is 70.4 Å². The van der Waals surface area contributed by atoms with E-state index in [1.807, 2.05) is 13.8 Å². The van der Waals surface area contributed by atoms with Gasteiger partial charge in [0.2, 0.25) is 12.1 Å². The van der Waals surface area contributed by atoms with Gasteiger partial charge in [-0.05, 0) is 50.2 Å². The van der Waals surface area contributed by atoms with Crippen LogP contribution in [0.25, 0.3) is 0 Å². The number of methoxy groups -OCH3 is 2. The van der Waals surface area contributed by atoms with Gasteiger partial charge in [0.05, 0.1) is 14.2 Å². The van der Waals surface area contributed by atoms with Crippen molar-refractivity contribution in [3.8, 4) is 11.5 Å². The number of hydrogen-bond acceptors (Lipinski definition) is 8. The van der Waals surface area contributed by atoms with Crippen molar-refractivity contribution in [3.63, 3.8) is 0 Å². The quantitative estimate of drug-likeness (QED) is 0.504. The summed E-state index contributed by atoms with van der Waals surface area (Å²) in [6.07, 6.45) is 2.28. The van der Waals surface area contributed by atoms with E-state index in [0.29, 0.717) is 23.0 Å². The average molecular weight is 449 g/mol. The van der Waals surface area contributed by atoms with Crippen LogP contribution in [0.2, 0.25) is 0 Å². The van der Waals surface area contributed by atoms with E-state index in [1.54, 1.807) is 25.3 Å². The highest BCUT2D eigenvalue weighted by molar-refractivity contribution is 5.92. The molecule has 8 heteroatoms. The van der Waals surface area contributed by atoms with Gasteiger partial charge in [0.1, 0.15) is 17.1 Å². The summed E-state index contributed by atoms with van der Waals surface area (Å²) in [6.45, 7) is 6.19. The molecule has 2 bridgehead atoms. The molecule has 0 aromatic heterocycles. The number of rotatable bonds is 4. The Morgan fingerprint density at radius 2 is 1.88 bits per heavy atom. The summed E-state index contributed by atoms with van der Waals surface area (Å²) in [5, 5.41) is 0. The molecule has 4 heterocycles. The van der Waals surface area contributed by atoms with Gasteiger partial charge < -0.3 is 23.7 Å². The van der Waals surface area contributed by atoms with Gasteiger partial charge in [0.15, 0.2) is 11.9 Å². The molecule has 4 saturated heterocycles. The molecule has 0 N–H and O–H groups in total. The van der Waals surface area contributed by atoms with Crippen LogP contribution in [-0.4, -0.2) is 44.2 Å². The van der Waals surface area contributed by atoms with Crippen LogP contribution in [0.4, 0.5) is 0 Å². The zero-order valence-electron chi connectivity index (χ0n) is 19.3. The van der Waals surface area contributed by atoms with Crippen LogP contribution in [0.3, 0.4) is 0 Å². The van der Waals surface area contributed by atoms with Gasteiger partial charge in [-0.25, -0.2) is 14.6 Å². The standard InChI is InChI=1S/C24H32O8/c1-13-6-9-18-14(2)21(28-20(25)16-8-7-15(26-4)12-19(16)27-5)29-22-24(18)17(13)10-11-23(3,30-22)31-32-24/h7-8,12-14,17-18,21-22H,6,9-11H2,1-5H3/t13-,14-,17+,18+,21-,22-,23-,24-/m1/s1. The second kappa shape index (κ2) is 7.87. The maximum absolute atomic E-state index is 13.1. The second-order valence-electron chi connectivity index (χ2n) is 9.75. The van der Waals surface area contributed by atoms with E-state index in [4.69, 9.17) is 33.5 Å². The Labute approximate surface area is 188 Å². The number of benzene rings is 1. The Bertz CT molecular complexity index is 889. The summed E-state index contributed by atoms with van der Waals surface area (Å²) in [7, 11) is 3.07. The smallest absolute Gasteiger partial charge is 0.344 e. The van der Waals surface area contributed by atoms with E-state index in [-0.39, 0.29) is 17.8 Å². The molecule has 1 spiro atoms. The monoisotopic (exact) mass is 448 g/mol. The zero-order chi connectivity index (χ0) is 22.7. The molecule has 1 aromatic rings. The second-order valence-corrected chi connectivity index (χ2v) is 9.75. The van der Waals surface area contributed by atoms with E-state index in [2.05, 4.69) is 6.92 Å². The average Bonchev–Trinajstić information content (AvgIpc) is 3.02. The minimum absolute atomic E-state index is 0.0839. The Morgan fingerprint density at radius 3 is 2.62 bits per heavy atom. The molecule has 6 rings (SSSR count). The maximum atomic E-state index is 13.1. The van der Waals surface area contributed by atoms with Crippen molar-refractivity contribution in [1.29, 1.82) is 0 Å². The van der Waals surface area contributed by atoms with E-state index < -0.39 is 29.9 Å². The summed E-state index contributed by atoms with van der Waals surface area (Å²) in [4.78, 5) is 25.1. The first kappa shape index (κ1) is 21.9. The molecular formula is C24H32O8. The van der Waals surface area contributed by atoms with Gasteiger partial charge in [0.25, 0.3) is 0 Å². The third-order valence-corrected chi connectivity index (χ3v) is 7.95. The molecule has 32 heavy (non-hydrogen) atoms. The molecule has 1 saturated carbocycles. The van der Waals surface area contributed by atoms with Crippen molar-refractivity contribution in [2.24, 2.45) is 23.7 Å². The normalized spacial score (nSPS) is 42.5. The fourth-order valence-corrected chi connectivity index (χ4v) is 6.14. The molecule has 0 unspecified atom stereocenters. The summed E-state index contributed by atoms with van der Waals surface area (Å²) >= 11 is 0. The first-order valence-corrected chi connectivity index (χ1v) is 11.4. The molecule has 5 fully saturated rings. The zero-order valence-corrected chi connectivity index (χ0v) is 19.3. The molecule has 4 aliphatic heterocycles. The fraction of sp³-hybridized carbons (Fsp3) is 0.708. The molecule has 0 amide bonds. The third-order valence-electron chi connectivity index (χ3n) is 7.95. The van der Waals surface area contributed by atoms with Crippen LogP contribution in [0, 0.1) is 23.7 Å². The largest absolute Gasteiger partial charge is 0.497 e. The molecule has 1 aromatic carbocycles. The highest BCUT2D eigenvalue weighted by Gasteiger charge is 2.69. The number of fused-ring (bicyclic) bond motifs is 2. The van der Waals surface area contributed by atoms with Gasteiger partial charge in [0, 0.05) is 24.3 Å². The SMILES string of the molecule is COc1ccc(C(=O)O[C@@H]2O[C@@H]3O[C@@]4(C)CC[C@H]5[C@H](C)CC[C@@H]([C@H]2C)[C@@]35OO4)c(OC)c1. The van der Waals surface area contributed by atoms with Gasteiger partial charge in [-0.2, -0.15) is 0 Å². The molecule has 8 nitrogen and oxygen atoms in total. The molecule has 0 radical (unpaired) electrons. The Kier molecular flexibility index (Phi) is 5.40. The Balaban J connectivity index is 1.43. The molecule has 1 aliphatic carbocycles. The number of esters is 1. The minimum atomic E-state index is -0.869. The topological polar surface area (TPSA) is 81.7 Å². The van der Waals surface area contributed by atoms with E-state index in [0.717, 1.165) is 25.7 Å². The lowest BCUT2D eigenvalue weighted by atomic mass is 9.58. The fourth-order valence-electron chi connectivity index (χ4n) is 6.14. The first-order chi connectivity index (χ1) is 15.3. The van der Waals surface area contributed by atoms with Crippen molar-refractivity contribution in [1.82, 2.24) is 0 Å². The first-order valence-electron chi connectivity index (χ1n) is 11.4. The summed E-state index contributed by atoms with van der Waals surface area (Å²) in [5.41, 5.74) is -0.372. The maximum Gasteiger partial charge on any atom is 0.344 e. The van der Waals surface area contributed by atoms with Crippen molar-refractivity contribution in [3.05, 3.63) is 23.8 Å². The van der Waals surface area contributed by atoms with E-state index in [1.165, 1.54) is 7.11 Å². The molecule has 5 aliphatic rings. The lowest BCUT2D eigenvalue weighted by Gasteiger charge is -2.59. The van der Waals surface area contributed by atoms with Gasteiger partial charge >= 0.3 is 5.97 Å². The molecule has 8 atom stereocenters. The highest BCUT2D eigenvalue weighted by atomic mass is 17.3. The van der Waals surface area contributed by atoms with Crippen LogP contribution >= 0.6 is 0 Å². The van der Waals surface area contributed by atoms with Crippen LogP contribution < -0.4 is 9.47 Å². The number of carbonyl (C=O) groups excluding carboxylic acids is 1. The van der Waals surface area contributed by atoms with Gasteiger partial charge in [-0.15, -0.1) is 0 Å². The number of ether oxygens (including phenoxy) is 5. The lowest BCUT2D eigenvalue weighted by Crippen LogP contribution is -2.70. The van der Waals surface area contributed by atoms with Gasteiger partial charge in [-0.3, -0.25) is 0 Å². The van der Waals surface area contributed by atoms with Crippen molar-refractivity contribution < 1.29 is 38.3 Å². The number of carbonyl (C=O) groups is 1. The van der Waals surface area contributed by atoms with Crippen LogP contribution in [0.1, 0.15) is 56.8 Å². The van der Waals surface area contributed by atoms with Crippen LogP contribution in [-0.2, 0) is 24.0 Å². The van der Waals surface area contributed by atoms with E-state index >= 15 is 0 Å². The predicted octanol–water partition coefficient (Wildman–Crippen LogP) is 4.07. The minimum Gasteiger partial charge on any atom is -0.497 e. The van der Waals surface area contributed by atoms with Crippen LogP contribution in [0.5, 0.6) is 11.5 Å². The van der Waals surface area contributed by atoms with Crippen molar-refractivity contribution in [2.75, 3.05) is 14.2 Å². The van der Waals surface area contributed by atoms with E-state index in [9.17, 15) is 4.79 Å².